The summed E-state index contributed by atoms with van der Waals surface area (Å²) in [6.07, 6.45) is 2.62. The number of carbonyl (C=O) groups excluding carboxylic acids is 1. The highest BCUT2D eigenvalue weighted by Gasteiger charge is 2.35. The van der Waals surface area contributed by atoms with Crippen molar-refractivity contribution in [2.75, 3.05) is 0 Å². The van der Waals surface area contributed by atoms with Gasteiger partial charge in [0.15, 0.2) is 0 Å². The number of hydrogen-bond acceptors (Lipinski definition) is 2. The van der Waals surface area contributed by atoms with E-state index in [0.29, 0.717) is 6.42 Å². The molecule has 16 heavy (non-hydrogen) atoms. The Kier molecular flexibility index (Phi) is 2.58. The normalized spacial score (nSPS) is 21.2. The highest BCUT2D eigenvalue weighted by Crippen LogP contribution is 2.31. The largest absolute Gasteiger partial charge is 0.456 e. The maximum atomic E-state index is 11.6. The molecule has 2 nitrogen and oxygen atoms in total. The zero-order valence-corrected chi connectivity index (χ0v) is 9.91. The molecule has 0 radical (unpaired) electrons. The molecule has 0 aliphatic carbocycles. The molecule has 0 saturated carbocycles. The van der Waals surface area contributed by atoms with Gasteiger partial charge in [0.05, 0.1) is 0 Å². The van der Waals surface area contributed by atoms with Crippen LogP contribution >= 0.6 is 0 Å². The maximum absolute atomic E-state index is 11.6. The average Bonchev–Trinajstić information content (AvgIpc) is 2.44. The van der Waals surface area contributed by atoms with Gasteiger partial charge in [-0.2, -0.15) is 0 Å². The van der Waals surface area contributed by atoms with Gasteiger partial charge in [-0.1, -0.05) is 24.3 Å². The first-order chi connectivity index (χ1) is 7.48. The summed E-state index contributed by atoms with van der Waals surface area (Å²) in [6.45, 7) is 5.91. The van der Waals surface area contributed by atoms with E-state index < -0.39 is 0 Å². The van der Waals surface area contributed by atoms with Crippen LogP contribution in [0.15, 0.2) is 29.8 Å². The second-order valence-electron chi connectivity index (χ2n) is 4.85. The van der Waals surface area contributed by atoms with Crippen molar-refractivity contribution in [2.24, 2.45) is 0 Å². The Hall–Kier alpha value is -1.57. The molecule has 0 aromatic heterocycles. The first-order valence-corrected chi connectivity index (χ1v) is 5.47. The Morgan fingerprint density at radius 2 is 2.00 bits per heavy atom. The zero-order valence-electron chi connectivity index (χ0n) is 9.91. The van der Waals surface area contributed by atoms with Crippen molar-refractivity contribution in [3.8, 4) is 0 Å². The number of aryl methyl sites for hydroxylation is 1. The molecule has 0 N–H and O–H groups in total. The molecular formula is C14H16O2. The molecule has 0 unspecified atom stereocenters. The fourth-order valence-electron chi connectivity index (χ4n) is 1.93. The molecule has 0 bridgehead atoms. The third kappa shape index (κ3) is 2.16. The lowest BCUT2D eigenvalue weighted by atomic mass is 9.99. The molecule has 2 rings (SSSR count). The Labute approximate surface area is 95.9 Å². The fourth-order valence-corrected chi connectivity index (χ4v) is 1.93. The van der Waals surface area contributed by atoms with Crippen LogP contribution in [0.3, 0.4) is 0 Å². The van der Waals surface area contributed by atoms with Gasteiger partial charge < -0.3 is 4.74 Å². The summed E-state index contributed by atoms with van der Waals surface area (Å²) in [6, 6.07) is 8.03. The van der Waals surface area contributed by atoms with Gasteiger partial charge >= 0.3 is 5.97 Å². The molecule has 0 atom stereocenters. The lowest BCUT2D eigenvalue weighted by Gasteiger charge is -2.13. The first kappa shape index (κ1) is 10.9. The smallest absolute Gasteiger partial charge is 0.334 e. The number of benzene rings is 1. The SMILES string of the molecule is Cc1ccccc1C=C1CC(C)(C)OC1=O. The van der Waals surface area contributed by atoms with Crippen LogP contribution in [0.1, 0.15) is 31.4 Å². The molecule has 1 fully saturated rings. The number of carbonyl (C=O) groups is 1. The number of rotatable bonds is 1. The predicted molar refractivity (Wildman–Crippen MR) is 63.9 cm³/mol. The van der Waals surface area contributed by atoms with E-state index in [1.165, 1.54) is 5.56 Å². The van der Waals surface area contributed by atoms with Gasteiger partial charge in [0.2, 0.25) is 0 Å². The van der Waals surface area contributed by atoms with Crippen molar-refractivity contribution in [1.82, 2.24) is 0 Å². The highest BCUT2D eigenvalue weighted by molar-refractivity contribution is 5.96. The topological polar surface area (TPSA) is 26.3 Å². The lowest BCUT2D eigenvalue weighted by Crippen LogP contribution is -2.17. The zero-order chi connectivity index (χ0) is 11.8. The van der Waals surface area contributed by atoms with E-state index in [0.717, 1.165) is 11.1 Å². The van der Waals surface area contributed by atoms with E-state index >= 15 is 0 Å². The third-order valence-corrected chi connectivity index (χ3v) is 2.77. The average molecular weight is 216 g/mol. The van der Waals surface area contributed by atoms with Crippen LogP contribution in [-0.2, 0) is 9.53 Å². The summed E-state index contributed by atoms with van der Waals surface area (Å²) >= 11 is 0. The molecule has 1 aliphatic rings. The van der Waals surface area contributed by atoms with Gasteiger partial charge in [-0.3, -0.25) is 0 Å². The van der Waals surface area contributed by atoms with Gasteiger partial charge in [-0.05, 0) is 38.0 Å². The lowest BCUT2D eigenvalue weighted by molar-refractivity contribution is -0.143. The first-order valence-electron chi connectivity index (χ1n) is 5.47. The van der Waals surface area contributed by atoms with Crippen molar-refractivity contribution in [3.05, 3.63) is 41.0 Å². The van der Waals surface area contributed by atoms with Crippen molar-refractivity contribution < 1.29 is 9.53 Å². The molecule has 1 saturated heterocycles. The van der Waals surface area contributed by atoms with Crippen molar-refractivity contribution in [1.29, 1.82) is 0 Å². The Bertz CT molecular complexity index is 456. The highest BCUT2D eigenvalue weighted by atomic mass is 16.6. The molecule has 1 aromatic rings. The Balaban J connectivity index is 2.33. The number of esters is 1. The minimum atomic E-state index is -0.356. The van der Waals surface area contributed by atoms with Crippen LogP contribution in [0.5, 0.6) is 0 Å². The number of hydrogen-bond donors (Lipinski definition) is 0. The van der Waals surface area contributed by atoms with Crippen molar-refractivity contribution in [2.45, 2.75) is 32.8 Å². The molecule has 0 amide bonds. The summed E-state index contributed by atoms with van der Waals surface area (Å²) in [5.41, 5.74) is 2.67. The predicted octanol–water partition coefficient (Wildman–Crippen LogP) is 3.10. The van der Waals surface area contributed by atoms with Gasteiger partial charge in [0, 0.05) is 12.0 Å². The van der Waals surface area contributed by atoms with E-state index in [4.69, 9.17) is 4.74 Å². The molecule has 1 aromatic carbocycles. The van der Waals surface area contributed by atoms with Crippen molar-refractivity contribution in [3.63, 3.8) is 0 Å². The summed E-state index contributed by atoms with van der Waals surface area (Å²) in [7, 11) is 0. The van der Waals surface area contributed by atoms with Gasteiger partial charge in [-0.25, -0.2) is 4.79 Å². The van der Waals surface area contributed by atoms with Gasteiger partial charge in [0.1, 0.15) is 5.60 Å². The van der Waals surface area contributed by atoms with Crippen LogP contribution in [0.25, 0.3) is 6.08 Å². The number of ether oxygens (including phenoxy) is 1. The van der Waals surface area contributed by atoms with Crippen LogP contribution in [0, 0.1) is 6.92 Å². The van der Waals surface area contributed by atoms with Crippen LogP contribution in [0.2, 0.25) is 0 Å². The fraction of sp³-hybridized carbons (Fsp3) is 0.357. The van der Waals surface area contributed by atoms with Gasteiger partial charge in [-0.15, -0.1) is 0 Å². The molecule has 1 heterocycles. The molecule has 1 aliphatic heterocycles. The van der Waals surface area contributed by atoms with Crippen LogP contribution < -0.4 is 0 Å². The second kappa shape index (κ2) is 3.78. The van der Waals surface area contributed by atoms with Crippen molar-refractivity contribution >= 4 is 12.0 Å². The minimum Gasteiger partial charge on any atom is -0.456 e. The third-order valence-electron chi connectivity index (χ3n) is 2.77. The Morgan fingerprint density at radius 3 is 2.56 bits per heavy atom. The Morgan fingerprint density at radius 1 is 1.31 bits per heavy atom. The van der Waals surface area contributed by atoms with Crippen LogP contribution in [-0.4, -0.2) is 11.6 Å². The van der Waals surface area contributed by atoms with E-state index in [-0.39, 0.29) is 11.6 Å². The molecule has 0 spiro atoms. The summed E-state index contributed by atoms with van der Waals surface area (Å²) < 4.78 is 5.27. The van der Waals surface area contributed by atoms with E-state index in [1.807, 2.05) is 51.1 Å². The van der Waals surface area contributed by atoms with Gasteiger partial charge in [0.25, 0.3) is 0 Å². The number of cyclic esters (lactones) is 1. The monoisotopic (exact) mass is 216 g/mol. The van der Waals surface area contributed by atoms with Crippen LogP contribution in [0.4, 0.5) is 0 Å². The summed E-state index contributed by atoms with van der Waals surface area (Å²) in [4.78, 5) is 11.6. The molecular weight excluding hydrogens is 200 g/mol. The van der Waals surface area contributed by atoms with E-state index in [9.17, 15) is 4.79 Å². The standard InChI is InChI=1S/C14H16O2/c1-10-6-4-5-7-11(10)8-12-9-14(2,3)16-13(12)15/h4-8H,9H2,1-3H3. The summed E-state index contributed by atoms with van der Waals surface area (Å²) in [5.74, 6) is -0.187. The summed E-state index contributed by atoms with van der Waals surface area (Å²) in [5, 5.41) is 0. The minimum absolute atomic E-state index is 0.187. The molecule has 2 heteroatoms. The maximum Gasteiger partial charge on any atom is 0.334 e. The second-order valence-corrected chi connectivity index (χ2v) is 4.85. The quantitative estimate of drug-likeness (QED) is 0.532. The van der Waals surface area contributed by atoms with E-state index in [1.54, 1.807) is 0 Å². The van der Waals surface area contributed by atoms with E-state index in [2.05, 4.69) is 0 Å². The molecule has 84 valence electrons.